The van der Waals surface area contributed by atoms with Crippen LogP contribution in [0.1, 0.15) is 19.3 Å². The normalized spacial score (nSPS) is 19.4. The number of nitrogens with zero attached hydrogens (tertiary/aromatic N) is 1. The van der Waals surface area contributed by atoms with E-state index in [1.807, 2.05) is 0 Å². The molecule has 0 spiro atoms. The number of rotatable bonds is 2. The van der Waals surface area contributed by atoms with E-state index in [2.05, 4.69) is 5.32 Å². The van der Waals surface area contributed by atoms with Crippen molar-refractivity contribution in [3.05, 3.63) is 29.0 Å². The summed E-state index contributed by atoms with van der Waals surface area (Å²) < 4.78 is 13.3. The molecule has 1 unspecified atom stereocenters. The summed E-state index contributed by atoms with van der Waals surface area (Å²) >= 11 is 5.57. The highest BCUT2D eigenvalue weighted by Gasteiger charge is 2.30. The second kappa shape index (κ2) is 5.57. The number of piperidine rings is 1. The summed E-state index contributed by atoms with van der Waals surface area (Å²) in [6.45, 7) is 0. The molecule has 1 N–H and O–H groups in total. The Balaban J connectivity index is 2.08. The molecule has 1 saturated heterocycles. The summed E-state index contributed by atoms with van der Waals surface area (Å²) in [6, 6.07) is 3.56. The van der Waals surface area contributed by atoms with Crippen LogP contribution in [-0.2, 0) is 9.59 Å². The number of hydrogen-bond donors (Lipinski definition) is 1. The van der Waals surface area contributed by atoms with Crippen molar-refractivity contribution in [2.24, 2.45) is 0 Å². The van der Waals surface area contributed by atoms with Crippen molar-refractivity contribution < 1.29 is 14.0 Å². The molecule has 102 valence electrons. The summed E-state index contributed by atoms with van der Waals surface area (Å²) in [7, 11) is 1.61. The first kappa shape index (κ1) is 13.8. The molecule has 1 aromatic rings. The molecular weight excluding hydrogens is 271 g/mol. The monoisotopic (exact) mass is 284 g/mol. The van der Waals surface area contributed by atoms with Crippen LogP contribution in [0.5, 0.6) is 0 Å². The molecule has 0 saturated carbocycles. The molecule has 1 aromatic carbocycles. The maximum Gasteiger partial charge on any atom is 0.247 e. The second-order valence-corrected chi connectivity index (χ2v) is 4.94. The van der Waals surface area contributed by atoms with Crippen LogP contribution < -0.4 is 5.32 Å². The smallest absolute Gasteiger partial charge is 0.247 e. The predicted molar refractivity (Wildman–Crippen MR) is 70.4 cm³/mol. The van der Waals surface area contributed by atoms with Crippen molar-refractivity contribution in [3.8, 4) is 0 Å². The molecule has 2 amide bonds. The van der Waals surface area contributed by atoms with Crippen molar-refractivity contribution in [3.63, 3.8) is 0 Å². The van der Waals surface area contributed by atoms with Gasteiger partial charge in [-0.25, -0.2) is 4.39 Å². The van der Waals surface area contributed by atoms with Gasteiger partial charge < -0.3 is 10.2 Å². The predicted octanol–water partition coefficient (Wildman–Crippen LogP) is 2.43. The van der Waals surface area contributed by atoms with Gasteiger partial charge in [0.05, 0.1) is 5.02 Å². The zero-order chi connectivity index (χ0) is 14.0. The standard InChI is InChI=1S/C13H14ClFN2O2/c1-17-11(3-2-4-12(17)18)13(19)16-8-5-6-9(14)10(15)7-8/h5-7,11H,2-4H2,1H3,(H,16,19). The number of nitrogens with one attached hydrogen (secondary N) is 1. The lowest BCUT2D eigenvalue weighted by atomic mass is 10.0. The Kier molecular flexibility index (Phi) is 4.04. The number of carbonyl (C=O) groups is 2. The number of halogens is 2. The largest absolute Gasteiger partial charge is 0.334 e. The van der Waals surface area contributed by atoms with Gasteiger partial charge in [0.1, 0.15) is 11.9 Å². The molecule has 6 heteroatoms. The fourth-order valence-corrected chi connectivity index (χ4v) is 2.21. The molecule has 19 heavy (non-hydrogen) atoms. The maximum absolute atomic E-state index is 13.3. The van der Waals surface area contributed by atoms with E-state index in [1.54, 1.807) is 7.05 Å². The van der Waals surface area contributed by atoms with Gasteiger partial charge in [-0.2, -0.15) is 0 Å². The lowest BCUT2D eigenvalue weighted by Crippen LogP contribution is -2.47. The summed E-state index contributed by atoms with van der Waals surface area (Å²) in [5.74, 6) is -0.946. The Bertz CT molecular complexity index is 521. The van der Waals surface area contributed by atoms with E-state index in [0.717, 1.165) is 6.07 Å². The van der Waals surface area contributed by atoms with Crippen molar-refractivity contribution >= 4 is 29.1 Å². The third kappa shape index (κ3) is 3.04. The van der Waals surface area contributed by atoms with Crippen LogP contribution in [0, 0.1) is 5.82 Å². The number of benzene rings is 1. The minimum absolute atomic E-state index is 0.00274. The van der Waals surface area contributed by atoms with Gasteiger partial charge in [-0.05, 0) is 31.0 Å². The number of anilines is 1. The molecule has 0 aromatic heterocycles. The number of carbonyl (C=O) groups excluding carboxylic acids is 2. The Morgan fingerprint density at radius 2 is 2.26 bits per heavy atom. The Morgan fingerprint density at radius 3 is 2.95 bits per heavy atom. The average molecular weight is 285 g/mol. The van der Waals surface area contributed by atoms with E-state index >= 15 is 0 Å². The number of hydrogen-bond acceptors (Lipinski definition) is 2. The zero-order valence-electron chi connectivity index (χ0n) is 10.5. The molecule has 1 atom stereocenters. The molecular formula is C13H14ClFN2O2. The molecule has 0 radical (unpaired) electrons. The molecule has 1 aliphatic rings. The SMILES string of the molecule is CN1C(=O)CCCC1C(=O)Nc1ccc(Cl)c(F)c1. The lowest BCUT2D eigenvalue weighted by Gasteiger charge is -2.31. The van der Waals surface area contributed by atoms with E-state index in [0.29, 0.717) is 24.9 Å². The van der Waals surface area contributed by atoms with Crippen molar-refractivity contribution in [1.29, 1.82) is 0 Å². The van der Waals surface area contributed by atoms with Crippen LogP contribution in [-0.4, -0.2) is 29.8 Å². The minimum atomic E-state index is -0.590. The third-order valence-corrected chi connectivity index (χ3v) is 3.53. The van der Waals surface area contributed by atoms with Gasteiger partial charge in [0.25, 0.3) is 0 Å². The number of likely N-dealkylation sites (tertiary alicyclic amines) is 1. The van der Waals surface area contributed by atoms with E-state index < -0.39 is 11.9 Å². The average Bonchev–Trinajstić information content (AvgIpc) is 2.37. The van der Waals surface area contributed by atoms with E-state index in [4.69, 9.17) is 11.6 Å². The van der Waals surface area contributed by atoms with Gasteiger partial charge in [0.15, 0.2) is 0 Å². The Morgan fingerprint density at radius 1 is 1.53 bits per heavy atom. The first-order valence-electron chi connectivity index (χ1n) is 6.00. The maximum atomic E-state index is 13.3. The van der Waals surface area contributed by atoms with Gasteiger partial charge in [-0.15, -0.1) is 0 Å². The molecule has 1 aliphatic heterocycles. The quantitative estimate of drug-likeness (QED) is 0.907. The highest BCUT2D eigenvalue weighted by molar-refractivity contribution is 6.30. The first-order chi connectivity index (χ1) is 8.99. The van der Waals surface area contributed by atoms with Gasteiger partial charge in [0, 0.05) is 19.2 Å². The number of likely N-dealkylation sites (N-methyl/N-ethyl adjacent to an activating group) is 1. The van der Waals surface area contributed by atoms with Gasteiger partial charge in [0.2, 0.25) is 11.8 Å². The molecule has 1 heterocycles. The van der Waals surface area contributed by atoms with E-state index in [9.17, 15) is 14.0 Å². The minimum Gasteiger partial charge on any atom is -0.334 e. The summed E-state index contributed by atoms with van der Waals surface area (Å²) in [6.07, 6.45) is 1.77. The first-order valence-corrected chi connectivity index (χ1v) is 6.38. The van der Waals surface area contributed by atoms with Crippen LogP contribution in [0.3, 0.4) is 0 Å². The molecule has 4 nitrogen and oxygen atoms in total. The summed E-state index contributed by atoms with van der Waals surface area (Å²) in [4.78, 5) is 25.0. The van der Waals surface area contributed by atoms with Crippen LogP contribution >= 0.6 is 11.6 Å². The fourth-order valence-electron chi connectivity index (χ4n) is 2.10. The highest BCUT2D eigenvalue weighted by Crippen LogP contribution is 2.21. The molecule has 0 bridgehead atoms. The lowest BCUT2D eigenvalue weighted by molar-refractivity contribution is -0.140. The zero-order valence-corrected chi connectivity index (χ0v) is 11.2. The van der Waals surface area contributed by atoms with Crippen LogP contribution in [0.15, 0.2) is 18.2 Å². The number of amides is 2. The molecule has 0 aliphatic carbocycles. The van der Waals surface area contributed by atoms with Gasteiger partial charge in [-0.1, -0.05) is 11.6 Å². The van der Waals surface area contributed by atoms with Crippen LogP contribution in [0.4, 0.5) is 10.1 Å². The molecule has 1 fully saturated rings. The van der Waals surface area contributed by atoms with E-state index in [1.165, 1.54) is 17.0 Å². The topological polar surface area (TPSA) is 49.4 Å². The van der Waals surface area contributed by atoms with E-state index in [-0.39, 0.29) is 16.8 Å². The highest BCUT2D eigenvalue weighted by atomic mass is 35.5. The van der Waals surface area contributed by atoms with Crippen molar-refractivity contribution in [1.82, 2.24) is 4.90 Å². The van der Waals surface area contributed by atoms with Crippen molar-refractivity contribution in [2.75, 3.05) is 12.4 Å². The summed E-state index contributed by atoms with van der Waals surface area (Å²) in [5, 5.41) is 2.60. The van der Waals surface area contributed by atoms with Crippen molar-refractivity contribution in [2.45, 2.75) is 25.3 Å². The molecule has 2 rings (SSSR count). The third-order valence-electron chi connectivity index (χ3n) is 3.22. The van der Waals surface area contributed by atoms with Crippen LogP contribution in [0.25, 0.3) is 0 Å². The summed E-state index contributed by atoms with van der Waals surface area (Å²) in [5.41, 5.74) is 0.332. The van der Waals surface area contributed by atoms with Crippen LogP contribution in [0.2, 0.25) is 5.02 Å². The fraction of sp³-hybridized carbons (Fsp3) is 0.385. The second-order valence-electron chi connectivity index (χ2n) is 4.53. The van der Waals surface area contributed by atoms with Gasteiger partial charge >= 0.3 is 0 Å². The Labute approximate surface area is 115 Å². The van der Waals surface area contributed by atoms with Gasteiger partial charge in [-0.3, -0.25) is 9.59 Å². The Hall–Kier alpha value is -1.62.